The molecule has 0 unspecified atom stereocenters. The van der Waals surface area contributed by atoms with Crippen LogP contribution in [-0.2, 0) is 12.8 Å². The van der Waals surface area contributed by atoms with Gasteiger partial charge in [0, 0.05) is 10.9 Å². The van der Waals surface area contributed by atoms with Gasteiger partial charge < -0.3 is 4.74 Å². The van der Waals surface area contributed by atoms with Gasteiger partial charge >= 0.3 is 0 Å². The van der Waals surface area contributed by atoms with E-state index in [1.54, 1.807) is 30.6 Å². The van der Waals surface area contributed by atoms with Crippen LogP contribution in [0.4, 0.5) is 4.39 Å². The fraction of sp³-hybridized carbons (Fsp3) is 0.250. The van der Waals surface area contributed by atoms with Gasteiger partial charge in [0.25, 0.3) is 0 Å². The molecule has 0 radical (unpaired) electrons. The monoisotopic (exact) mass is 439 g/mol. The summed E-state index contributed by atoms with van der Waals surface area (Å²) in [5.41, 5.74) is 3.23. The average Bonchev–Trinajstić information content (AvgIpc) is 2.87. The van der Waals surface area contributed by atoms with Crippen molar-refractivity contribution in [3.63, 3.8) is 0 Å². The lowest BCUT2D eigenvalue weighted by molar-refractivity contribution is 0.304. The first kappa shape index (κ1) is 22.4. The molecular weight excluding hydrogens is 413 g/mol. The Labute approximate surface area is 193 Å². The molecule has 166 valence electrons. The predicted octanol–water partition coefficient (Wildman–Crippen LogP) is 6.66. The summed E-state index contributed by atoms with van der Waals surface area (Å²) in [6, 6.07) is 18.9. The summed E-state index contributed by atoms with van der Waals surface area (Å²) in [4.78, 5) is 8.84. The molecule has 0 amide bonds. The molecule has 0 aliphatic rings. The number of hydrogen-bond donors (Lipinski definition) is 0. The Kier molecular flexibility index (Phi) is 7.26. The van der Waals surface area contributed by atoms with Crippen LogP contribution in [0.25, 0.3) is 22.2 Å². The van der Waals surface area contributed by atoms with Crippen molar-refractivity contribution in [2.24, 2.45) is 0 Å². The number of fused-ring (bicyclic) bond motifs is 1. The Morgan fingerprint density at radius 1 is 0.939 bits per heavy atom. The summed E-state index contributed by atoms with van der Waals surface area (Å²) in [5.74, 6) is 1.06. The van der Waals surface area contributed by atoms with Gasteiger partial charge in [0.1, 0.15) is 5.82 Å². The van der Waals surface area contributed by atoms with E-state index < -0.39 is 0 Å². The highest BCUT2D eigenvalue weighted by Crippen LogP contribution is 2.27. The summed E-state index contributed by atoms with van der Waals surface area (Å²) in [6.45, 7) is 2.82. The topological polar surface area (TPSA) is 58.8 Å². The quantitative estimate of drug-likeness (QED) is 0.274. The van der Waals surface area contributed by atoms with Gasteiger partial charge in [0.15, 0.2) is 11.6 Å². The van der Waals surface area contributed by atoms with Crippen LogP contribution in [0.2, 0.25) is 0 Å². The molecule has 4 rings (SSSR count). The summed E-state index contributed by atoms with van der Waals surface area (Å²) in [7, 11) is 0. The maximum Gasteiger partial charge on any atom is 0.159 e. The fourth-order valence-corrected chi connectivity index (χ4v) is 3.78. The van der Waals surface area contributed by atoms with Crippen LogP contribution < -0.4 is 4.74 Å². The molecule has 0 saturated carbocycles. The molecule has 0 fully saturated rings. The van der Waals surface area contributed by atoms with Crippen LogP contribution in [0, 0.1) is 17.1 Å². The number of hydrogen-bond acceptors (Lipinski definition) is 4. The lowest BCUT2D eigenvalue weighted by atomic mass is 9.98. The van der Waals surface area contributed by atoms with Crippen molar-refractivity contribution < 1.29 is 9.13 Å². The van der Waals surface area contributed by atoms with Crippen LogP contribution in [0.1, 0.15) is 42.9 Å². The second-order valence-electron chi connectivity index (χ2n) is 8.08. The van der Waals surface area contributed by atoms with Crippen molar-refractivity contribution in [2.75, 3.05) is 6.61 Å². The number of unbranched alkanes of at least 4 members (excludes halogenated alkanes) is 2. The summed E-state index contributed by atoms with van der Waals surface area (Å²) < 4.78 is 20.8. The largest absolute Gasteiger partial charge is 0.490 e. The summed E-state index contributed by atoms with van der Waals surface area (Å²) in [5, 5.41) is 10.3. The molecule has 3 aromatic carbocycles. The van der Waals surface area contributed by atoms with Crippen molar-refractivity contribution in [1.82, 2.24) is 9.97 Å². The first-order valence-corrected chi connectivity index (χ1v) is 11.3. The Hall–Kier alpha value is -3.78. The van der Waals surface area contributed by atoms with E-state index in [1.165, 1.54) is 0 Å². The van der Waals surface area contributed by atoms with Gasteiger partial charge in [-0.15, -0.1) is 0 Å². The number of nitrogens with zero attached hydrogens (tertiary/aromatic N) is 3. The molecule has 4 aromatic rings. The van der Waals surface area contributed by atoms with Gasteiger partial charge in [-0.3, -0.25) is 0 Å². The molecule has 0 saturated heterocycles. The number of rotatable bonds is 9. The van der Waals surface area contributed by atoms with Crippen molar-refractivity contribution in [3.05, 3.63) is 89.5 Å². The number of halogens is 1. The second-order valence-corrected chi connectivity index (χ2v) is 8.08. The molecule has 5 heteroatoms. The van der Waals surface area contributed by atoms with Gasteiger partial charge in [0.05, 0.1) is 30.6 Å². The van der Waals surface area contributed by atoms with Crippen LogP contribution in [0.3, 0.4) is 0 Å². The first-order chi connectivity index (χ1) is 16.2. The second kappa shape index (κ2) is 10.7. The molecule has 33 heavy (non-hydrogen) atoms. The molecule has 4 nitrogen and oxygen atoms in total. The van der Waals surface area contributed by atoms with Crippen LogP contribution in [-0.4, -0.2) is 16.6 Å². The maximum absolute atomic E-state index is 15.2. The van der Waals surface area contributed by atoms with E-state index in [0.29, 0.717) is 47.5 Å². The lowest BCUT2D eigenvalue weighted by Gasteiger charge is -2.09. The first-order valence-electron chi connectivity index (χ1n) is 11.3. The zero-order chi connectivity index (χ0) is 23.0. The highest BCUT2D eigenvalue weighted by molar-refractivity contribution is 5.87. The Bertz CT molecular complexity index is 1260. The molecule has 0 atom stereocenters. The third kappa shape index (κ3) is 5.53. The molecule has 0 aliphatic heterocycles. The molecule has 1 aromatic heterocycles. The molecular formula is C28H26FN3O. The molecule has 1 heterocycles. The lowest BCUT2D eigenvalue weighted by Crippen LogP contribution is -1.99. The minimum atomic E-state index is -0.190. The van der Waals surface area contributed by atoms with Crippen LogP contribution >= 0.6 is 0 Å². The van der Waals surface area contributed by atoms with Crippen molar-refractivity contribution >= 4 is 10.8 Å². The molecule has 0 aliphatic carbocycles. The normalized spacial score (nSPS) is 10.8. The van der Waals surface area contributed by atoms with Gasteiger partial charge in [-0.25, -0.2) is 14.4 Å². The van der Waals surface area contributed by atoms with Crippen molar-refractivity contribution in [2.45, 2.75) is 39.0 Å². The van der Waals surface area contributed by atoms with Crippen LogP contribution in [0.5, 0.6) is 5.75 Å². The Morgan fingerprint density at radius 2 is 1.73 bits per heavy atom. The van der Waals surface area contributed by atoms with E-state index in [2.05, 4.69) is 23.0 Å². The van der Waals surface area contributed by atoms with E-state index in [4.69, 9.17) is 10.00 Å². The van der Waals surface area contributed by atoms with Crippen LogP contribution in [0.15, 0.2) is 67.0 Å². The number of aryl methyl sites for hydroxylation is 2. The summed E-state index contributed by atoms with van der Waals surface area (Å²) >= 11 is 0. The zero-order valence-corrected chi connectivity index (χ0v) is 18.7. The van der Waals surface area contributed by atoms with Gasteiger partial charge in [-0.1, -0.05) is 56.2 Å². The van der Waals surface area contributed by atoms with Gasteiger partial charge in [-0.05, 0) is 54.0 Å². The Balaban J connectivity index is 1.46. The van der Waals surface area contributed by atoms with E-state index in [-0.39, 0.29) is 5.82 Å². The molecule has 0 N–H and O–H groups in total. The van der Waals surface area contributed by atoms with Gasteiger partial charge in [-0.2, -0.15) is 5.26 Å². The standard InChI is InChI=1S/C28H26FN3O/c1-2-3-4-15-33-25-18-31-28(32-19-25)24-13-14-26-23(16-24)12-11-22(27(26)29)10-9-20-5-7-21(17-30)8-6-20/h5-8,11-14,16,18-19H,2-4,9-10,15H2,1H3. The highest BCUT2D eigenvalue weighted by Gasteiger charge is 2.10. The SMILES string of the molecule is CCCCCOc1cnc(-c2ccc3c(F)c(CCc4ccc(C#N)cc4)ccc3c2)nc1. The highest BCUT2D eigenvalue weighted by atomic mass is 19.1. The zero-order valence-electron chi connectivity index (χ0n) is 18.7. The fourth-order valence-electron chi connectivity index (χ4n) is 3.78. The minimum Gasteiger partial charge on any atom is -0.490 e. The number of aromatic nitrogens is 2. The Morgan fingerprint density at radius 3 is 2.45 bits per heavy atom. The maximum atomic E-state index is 15.2. The summed E-state index contributed by atoms with van der Waals surface area (Å²) in [6.07, 6.45) is 8.00. The third-order valence-corrected chi connectivity index (χ3v) is 5.70. The van der Waals surface area contributed by atoms with E-state index in [0.717, 1.165) is 35.8 Å². The predicted molar refractivity (Wildman–Crippen MR) is 129 cm³/mol. The average molecular weight is 440 g/mol. The number of nitriles is 1. The smallest absolute Gasteiger partial charge is 0.159 e. The minimum absolute atomic E-state index is 0.190. The van der Waals surface area contributed by atoms with E-state index >= 15 is 4.39 Å². The molecule has 0 bridgehead atoms. The van der Waals surface area contributed by atoms with E-state index in [1.807, 2.05) is 36.4 Å². The van der Waals surface area contributed by atoms with Crippen molar-refractivity contribution in [3.8, 4) is 23.2 Å². The molecule has 0 spiro atoms. The van der Waals surface area contributed by atoms with Gasteiger partial charge in [0.2, 0.25) is 0 Å². The van der Waals surface area contributed by atoms with Crippen molar-refractivity contribution in [1.29, 1.82) is 5.26 Å². The number of benzene rings is 3. The van der Waals surface area contributed by atoms with E-state index in [9.17, 15) is 0 Å². The third-order valence-electron chi connectivity index (χ3n) is 5.70. The number of ether oxygens (including phenoxy) is 1.